The molecule has 1 aromatic rings. The fourth-order valence-electron chi connectivity index (χ4n) is 2.43. The second-order valence-corrected chi connectivity index (χ2v) is 4.94. The van der Waals surface area contributed by atoms with E-state index >= 15 is 0 Å². The summed E-state index contributed by atoms with van der Waals surface area (Å²) in [6.45, 7) is 1.10. The number of hydrogen-bond acceptors (Lipinski definition) is 4. The van der Waals surface area contributed by atoms with E-state index in [0.717, 1.165) is 18.7 Å². The molecule has 0 N–H and O–H groups in total. The van der Waals surface area contributed by atoms with E-state index in [1.165, 1.54) is 23.7 Å². The Hall–Kier alpha value is -1.05. The van der Waals surface area contributed by atoms with Crippen LogP contribution in [0, 0.1) is 10.7 Å². The number of pyridine rings is 1. The highest BCUT2D eigenvalue weighted by molar-refractivity contribution is 8.03. The summed E-state index contributed by atoms with van der Waals surface area (Å²) in [5.41, 5.74) is 1.24. The smallest absolute Gasteiger partial charge is 0.133 e. The highest BCUT2D eigenvalue weighted by Crippen LogP contribution is 2.39. The van der Waals surface area contributed by atoms with E-state index in [0.29, 0.717) is 0 Å². The molecule has 1 unspecified atom stereocenters. The van der Waals surface area contributed by atoms with Gasteiger partial charge in [-0.05, 0) is 49.8 Å². The van der Waals surface area contributed by atoms with Crippen molar-refractivity contribution in [3.8, 4) is 5.40 Å². The number of thiocyanates is 1. The Morgan fingerprint density at radius 2 is 2.56 bits per heavy atom. The first-order valence-electron chi connectivity index (χ1n) is 5.42. The number of nitrogens with zero attached hydrogens (tertiary/aromatic N) is 3. The van der Waals surface area contributed by atoms with Gasteiger partial charge in [0.1, 0.15) is 5.40 Å². The Kier molecular flexibility index (Phi) is 3.47. The van der Waals surface area contributed by atoms with Crippen LogP contribution in [0.2, 0.25) is 0 Å². The largest absolute Gasteiger partial charge is 0.296 e. The van der Waals surface area contributed by atoms with Gasteiger partial charge >= 0.3 is 0 Å². The lowest BCUT2D eigenvalue weighted by Gasteiger charge is -2.35. The van der Waals surface area contributed by atoms with Crippen LogP contribution in [0.4, 0.5) is 0 Å². The van der Waals surface area contributed by atoms with Crippen LogP contribution in [0.15, 0.2) is 24.5 Å². The Bertz CT molecular complexity index is 387. The first-order valence-corrected chi connectivity index (χ1v) is 6.41. The highest BCUT2D eigenvalue weighted by atomic mass is 32.2. The van der Waals surface area contributed by atoms with Gasteiger partial charge in [0.05, 0.1) is 5.54 Å². The summed E-state index contributed by atoms with van der Waals surface area (Å²) in [5, 5.41) is 10.9. The van der Waals surface area contributed by atoms with Gasteiger partial charge in [-0.15, -0.1) is 0 Å². The number of thioether (sulfide) groups is 1. The van der Waals surface area contributed by atoms with Crippen LogP contribution < -0.4 is 0 Å². The second-order valence-electron chi connectivity index (χ2n) is 4.18. The van der Waals surface area contributed by atoms with Gasteiger partial charge in [-0.3, -0.25) is 9.88 Å². The van der Waals surface area contributed by atoms with E-state index in [1.54, 1.807) is 6.20 Å². The molecule has 16 heavy (non-hydrogen) atoms. The summed E-state index contributed by atoms with van der Waals surface area (Å²) in [5.74, 6) is 0.825. The van der Waals surface area contributed by atoms with Gasteiger partial charge in [-0.2, -0.15) is 5.26 Å². The number of hydrogen-bond donors (Lipinski definition) is 0. The van der Waals surface area contributed by atoms with Gasteiger partial charge < -0.3 is 0 Å². The first kappa shape index (κ1) is 11.4. The van der Waals surface area contributed by atoms with Crippen LogP contribution in [-0.2, 0) is 5.54 Å². The van der Waals surface area contributed by atoms with Crippen molar-refractivity contribution in [3.05, 3.63) is 30.1 Å². The molecular weight excluding hydrogens is 218 g/mol. The topological polar surface area (TPSA) is 39.9 Å². The predicted octanol–water partition coefficient (Wildman–Crippen LogP) is 2.22. The number of likely N-dealkylation sites (tertiary alicyclic amines) is 1. The van der Waals surface area contributed by atoms with Crippen LogP contribution in [0.25, 0.3) is 0 Å². The van der Waals surface area contributed by atoms with E-state index in [4.69, 9.17) is 5.26 Å². The molecule has 1 aliphatic heterocycles. The van der Waals surface area contributed by atoms with Crippen molar-refractivity contribution in [2.45, 2.75) is 18.4 Å². The molecule has 0 bridgehead atoms. The fourth-order valence-corrected chi connectivity index (χ4v) is 3.27. The van der Waals surface area contributed by atoms with Crippen molar-refractivity contribution in [2.24, 2.45) is 0 Å². The molecule has 1 fully saturated rings. The monoisotopic (exact) mass is 233 g/mol. The molecule has 0 radical (unpaired) electrons. The van der Waals surface area contributed by atoms with Crippen LogP contribution in [0.5, 0.6) is 0 Å². The van der Waals surface area contributed by atoms with E-state index in [1.807, 2.05) is 12.3 Å². The summed E-state index contributed by atoms with van der Waals surface area (Å²) in [6, 6.07) is 4.09. The Morgan fingerprint density at radius 3 is 3.12 bits per heavy atom. The van der Waals surface area contributed by atoms with Crippen molar-refractivity contribution in [1.82, 2.24) is 9.88 Å². The zero-order chi connectivity index (χ0) is 11.4. The fraction of sp³-hybridized carbons (Fsp3) is 0.500. The average molecular weight is 233 g/mol. The van der Waals surface area contributed by atoms with Crippen molar-refractivity contribution in [1.29, 1.82) is 5.26 Å². The summed E-state index contributed by atoms with van der Waals surface area (Å²) in [4.78, 5) is 6.55. The number of nitriles is 1. The molecule has 0 spiro atoms. The maximum atomic E-state index is 8.75. The van der Waals surface area contributed by atoms with Crippen molar-refractivity contribution in [2.75, 3.05) is 19.3 Å². The Labute approximate surface area is 100 Å². The molecule has 84 valence electrons. The zero-order valence-corrected chi connectivity index (χ0v) is 10.2. The molecular formula is C12H15N3S. The van der Waals surface area contributed by atoms with Gasteiger partial charge in [-0.25, -0.2) is 0 Å². The van der Waals surface area contributed by atoms with Gasteiger partial charge in [0, 0.05) is 18.1 Å². The average Bonchev–Trinajstić information content (AvgIpc) is 2.70. The summed E-state index contributed by atoms with van der Waals surface area (Å²) < 4.78 is 0. The molecule has 0 aliphatic carbocycles. The van der Waals surface area contributed by atoms with Crippen LogP contribution in [0.1, 0.15) is 18.4 Å². The predicted molar refractivity (Wildman–Crippen MR) is 65.9 cm³/mol. The maximum Gasteiger partial charge on any atom is 0.133 e. The van der Waals surface area contributed by atoms with Gasteiger partial charge in [-0.1, -0.05) is 6.07 Å². The summed E-state index contributed by atoms with van der Waals surface area (Å²) >= 11 is 1.34. The molecule has 3 nitrogen and oxygen atoms in total. The van der Waals surface area contributed by atoms with Gasteiger partial charge in [0.25, 0.3) is 0 Å². The molecule has 0 saturated carbocycles. The summed E-state index contributed by atoms with van der Waals surface area (Å²) in [6.07, 6.45) is 6.03. The quantitative estimate of drug-likeness (QED) is 0.750. The first-order chi connectivity index (χ1) is 7.79. The third kappa shape index (κ3) is 1.93. The summed E-state index contributed by atoms with van der Waals surface area (Å²) in [7, 11) is 2.14. The second kappa shape index (κ2) is 4.86. The maximum absolute atomic E-state index is 8.75. The number of aromatic nitrogens is 1. The highest BCUT2D eigenvalue weighted by Gasteiger charge is 2.40. The third-order valence-electron chi connectivity index (χ3n) is 3.39. The minimum atomic E-state index is 0.00859. The SMILES string of the molecule is CN1CCCC1(CSC#N)c1cccnc1. The molecule has 0 amide bonds. The van der Waals surface area contributed by atoms with Crippen LogP contribution in [0.3, 0.4) is 0 Å². The third-order valence-corrected chi connectivity index (χ3v) is 4.14. The van der Waals surface area contributed by atoms with Crippen LogP contribution in [-0.4, -0.2) is 29.2 Å². The molecule has 1 aliphatic rings. The molecule has 1 aromatic heterocycles. The van der Waals surface area contributed by atoms with E-state index in [9.17, 15) is 0 Å². The molecule has 2 heterocycles. The van der Waals surface area contributed by atoms with Gasteiger partial charge in [0.15, 0.2) is 0 Å². The zero-order valence-electron chi connectivity index (χ0n) is 9.39. The molecule has 0 aromatic carbocycles. The Balaban J connectivity index is 2.32. The minimum Gasteiger partial charge on any atom is -0.296 e. The minimum absolute atomic E-state index is 0.00859. The molecule has 2 rings (SSSR count). The van der Waals surface area contributed by atoms with Crippen molar-refractivity contribution < 1.29 is 0 Å². The Morgan fingerprint density at radius 1 is 1.69 bits per heavy atom. The standard InChI is InChI=1S/C12H15N3S/c1-15-7-3-5-12(15,9-16-10-13)11-4-2-6-14-8-11/h2,4,6,8H,3,5,7,9H2,1H3. The van der Waals surface area contributed by atoms with Crippen LogP contribution >= 0.6 is 11.8 Å². The van der Waals surface area contributed by atoms with Crippen molar-refractivity contribution >= 4 is 11.8 Å². The lowest BCUT2D eigenvalue weighted by molar-refractivity contribution is 0.203. The molecule has 1 saturated heterocycles. The van der Waals surface area contributed by atoms with E-state index < -0.39 is 0 Å². The number of rotatable bonds is 3. The van der Waals surface area contributed by atoms with Crippen molar-refractivity contribution in [3.63, 3.8) is 0 Å². The van der Waals surface area contributed by atoms with E-state index in [-0.39, 0.29) is 5.54 Å². The molecule has 1 atom stereocenters. The van der Waals surface area contributed by atoms with Gasteiger partial charge in [0.2, 0.25) is 0 Å². The normalized spacial score (nSPS) is 25.5. The molecule has 4 heteroatoms. The van der Waals surface area contributed by atoms with E-state index in [2.05, 4.69) is 28.4 Å². The lowest BCUT2D eigenvalue weighted by Crippen LogP contribution is -2.40. The lowest BCUT2D eigenvalue weighted by atomic mass is 9.91.